The zero-order chi connectivity index (χ0) is 24.2. The van der Waals surface area contributed by atoms with Crippen molar-refractivity contribution < 1.29 is 27.1 Å². The Labute approximate surface area is 191 Å². The lowest BCUT2D eigenvalue weighted by Gasteiger charge is -2.18. The molecule has 1 heterocycles. The number of benzene rings is 2. The molecule has 0 fully saturated rings. The van der Waals surface area contributed by atoms with E-state index in [9.17, 15) is 22.4 Å². The summed E-state index contributed by atoms with van der Waals surface area (Å²) in [5.41, 5.74) is 1.52. The predicted octanol–water partition coefficient (Wildman–Crippen LogP) is 2.56. The number of carbonyl (C=O) groups excluding carboxylic acids is 2. The van der Waals surface area contributed by atoms with Crippen LogP contribution in [-0.4, -0.2) is 50.6 Å². The molecule has 2 aromatic rings. The smallest absolute Gasteiger partial charge is 0.343 e. The number of hydrogen-bond acceptors (Lipinski definition) is 7. The lowest BCUT2D eigenvalue weighted by molar-refractivity contribution is -0.137. The van der Waals surface area contributed by atoms with E-state index in [1.54, 1.807) is 38.1 Å². The average molecular weight is 475 g/mol. The zero-order valence-corrected chi connectivity index (χ0v) is 19.1. The minimum Gasteiger partial charge on any atom is -0.462 e. The number of para-hydroxylation sites is 2. The number of sulfonamides is 1. The summed E-state index contributed by atoms with van der Waals surface area (Å²) in [6, 6.07) is 11.3. The maximum Gasteiger partial charge on any atom is 0.343 e. The Kier molecular flexibility index (Phi) is 7.24. The third-order valence-electron chi connectivity index (χ3n) is 4.70. The number of carbonyl (C=O) groups is 2. The van der Waals surface area contributed by atoms with E-state index >= 15 is 0 Å². The number of fused-ring (bicyclic) bond motifs is 1. The van der Waals surface area contributed by atoms with Gasteiger partial charge >= 0.3 is 5.97 Å². The van der Waals surface area contributed by atoms with Crippen LogP contribution in [0.5, 0.6) is 0 Å². The van der Waals surface area contributed by atoms with Crippen molar-refractivity contribution in [3.05, 3.63) is 65.6 Å². The highest BCUT2D eigenvalue weighted by atomic mass is 32.2. The fourth-order valence-electron chi connectivity index (χ4n) is 3.08. The molecule has 1 amide bonds. The maximum absolute atomic E-state index is 13.1. The van der Waals surface area contributed by atoms with Crippen molar-refractivity contribution >= 4 is 39.1 Å². The summed E-state index contributed by atoms with van der Waals surface area (Å²) in [6.45, 7) is 2.84. The van der Waals surface area contributed by atoms with Crippen LogP contribution in [0.3, 0.4) is 0 Å². The number of nitrogens with one attached hydrogen (secondary N) is 2. The van der Waals surface area contributed by atoms with Crippen molar-refractivity contribution in [2.24, 2.45) is 4.99 Å². The molecule has 0 radical (unpaired) electrons. The zero-order valence-electron chi connectivity index (χ0n) is 18.3. The SMILES string of the molecule is CCOC(=O)C1=C(C)Nc2ccccc2N=C1NC(=O)CN(C)S(=O)(=O)c1ccc(F)cc1. The van der Waals surface area contributed by atoms with Crippen molar-refractivity contribution in [3.8, 4) is 0 Å². The minimum atomic E-state index is -4.05. The van der Waals surface area contributed by atoms with Crippen LogP contribution in [0.25, 0.3) is 0 Å². The van der Waals surface area contributed by atoms with Gasteiger partial charge in [0.2, 0.25) is 15.9 Å². The van der Waals surface area contributed by atoms with E-state index in [0.29, 0.717) is 17.1 Å². The minimum absolute atomic E-state index is 0.0189. The second kappa shape index (κ2) is 9.92. The molecule has 0 aromatic heterocycles. The van der Waals surface area contributed by atoms with Gasteiger partial charge < -0.3 is 15.4 Å². The standard InChI is InChI=1S/C22H23FN4O5S/c1-4-32-22(29)20-14(2)24-17-7-5-6-8-18(17)25-21(20)26-19(28)13-27(3)33(30,31)16-11-9-15(23)10-12-16/h5-12,24H,4,13H2,1-3H3,(H,25,26,28). The number of rotatable bonds is 6. The molecule has 174 valence electrons. The molecule has 0 aliphatic carbocycles. The van der Waals surface area contributed by atoms with E-state index in [0.717, 1.165) is 28.6 Å². The monoisotopic (exact) mass is 474 g/mol. The summed E-state index contributed by atoms with van der Waals surface area (Å²) in [5.74, 6) is -2.07. The van der Waals surface area contributed by atoms with Crippen LogP contribution in [0, 0.1) is 5.82 Å². The molecule has 0 atom stereocenters. The van der Waals surface area contributed by atoms with Crippen LogP contribution in [0.4, 0.5) is 15.8 Å². The van der Waals surface area contributed by atoms with Gasteiger partial charge in [0.05, 0.1) is 29.4 Å². The Balaban J connectivity index is 1.87. The van der Waals surface area contributed by atoms with Crippen LogP contribution in [-0.2, 0) is 24.3 Å². The first-order valence-electron chi connectivity index (χ1n) is 9.98. The van der Waals surface area contributed by atoms with Gasteiger partial charge in [-0.2, -0.15) is 4.31 Å². The summed E-state index contributed by atoms with van der Waals surface area (Å²) < 4.78 is 44.5. The van der Waals surface area contributed by atoms with Crippen molar-refractivity contribution in [1.29, 1.82) is 0 Å². The first-order valence-corrected chi connectivity index (χ1v) is 11.4. The van der Waals surface area contributed by atoms with E-state index in [2.05, 4.69) is 15.6 Å². The third kappa shape index (κ3) is 5.44. The summed E-state index contributed by atoms with van der Waals surface area (Å²) >= 11 is 0. The number of likely N-dealkylation sites (N-methyl/N-ethyl adjacent to an activating group) is 1. The second-order valence-electron chi connectivity index (χ2n) is 7.09. The number of allylic oxidation sites excluding steroid dienone is 1. The predicted molar refractivity (Wildman–Crippen MR) is 121 cm³/mol. The summed E-state index contributed by atoms with van der Waals surface area (Å²) in [4.78, 5) is 29.6. The number of hydrogen-bond donors (Lipinski definition) is 2. The summed E-state index contributed by atoms with van der Waals surface area (Å²) in [7, 11) is -2.83. The van der Waals surface area contributed by atoms with Gasteiger partial charge in [-0.25, -0.2) is 22.6 Å². The molecular weight excluding hydrogens is 451 g/mol. The lowest BCUT2D eigenvalue weighted by Crippen LogP contribution is -2.42. The first kappa shape index (κ1) is 24.1. The molecule has 1 aliphatic rings. The second-order valence-corrected chi connectivity index (χ2v) is 9.13. The van der Waals surface area contributed by atoms with Gasteiger partial charge in [0.1, 0.15) is 17.2 Å². The van der Waals surface area contributed by atoms with Crippen molar-refractivity contribution in [3.63, 3.8) is 0 Å². The van der Waals surface area contributed by atoms with E-state index in [4.69, 9.17) is 4.74 Å². The van der Waals surface area contributed by atoms with Crippen LogP contribution in [0.2, 0.25) is 0 Å². The maximum atomic E-state index is 13.1. The molecule has 0 bridgehead atoms. The van der Waals surface area contributed by atoms with Crippen LogP contribution in [0.15, 0.2) is 69.7 Å². The van der Waals surface area contributed by atoms with E-state index in [1.807, 2.05) is 0 Å². The molecule has 0 spiro atoms. The molecule has 2 N–H and O–H groups in total. The summed E-state index contributed by atoms with van der Waals surface area (Å²) in [6.07, 6.45) is 0. The highest BCUT2D eigenvalue weighted by Crippen LogP contribution is 2.30. The van der Waals surface area contributed by atoms with E-state index in [-0.39, 0.29) is 22.9 Å². The number of halogens is 1. The Bertz CT molecular complexity index is 1240. The molecule has 0 unspecified atom stereocenters. The summed E-state index contributed by atoms with van der Waals surface area (Å²) in [5, 5.41) is 5.61. The quantitative estimate of drug-likeness (QED) is 0.622. The van der Waals surface area contributed by atoms with Gasteiger partial charge in [0.15, 0.2) is 0 Å². The van der Waals surface area contributed by atoms with Crippen molar-refractivity contribution in [2.45, 2.75) is 18.7 Å². The molecule has 9 nitrogen and oxygen atoms in total. The number of esters is 1. The highest BCUT2D eigenvalue weighted by molar-refractivity contribution is 7.89. The van der Waals surface area contributed by atoms with Crippen molar-refractivity contribution in [1.82, 2.24) is 9.62 Å². The molecule has 3 rings (SSSR count). The van der Waals surface area contributed by atoms with Gasteiger partial charge in [0, 0.05) is 12.7 Å². The number of ether oxygens (including phenoxy) is 1. The molecular formula is C22H23FN4O5S. The Hall–Kier alpha value is -3.57. The number of anilines is 1. The van der Waals surface area contributed by atoms with Gasteiger partial charge in [-0.15, -0.1) is 0 Å². The van der Waals surface area contributed by atoms with Crippen LogP contribution < -0.4 is 10.6 Å². The van der Waals surface area contributed by atoms with Gasteiger partial charge in [-0.3, -0.25) is 4.79 Å². The normalized spacial score (nSPS) is 13.5. The molecule has 1 aliphatic heterocycles. The Morgan fingerprint density at radius 2 is 1.82 bits per heavy atom. The fourth-order valence-corrected chi connectivity index (χ4v) is 4.21. The van der Waals surface area contributed by atoms with Crippen molar-refractivity contribution in [2.75, 3.05) is 25.5 Å². The topological polar surface area (TPSA) is 117 Å². The van der Waals surface area contributed by atoms with Gasteiger partial charge in [-0.1, -0.05) is 12.1 Å². The molecule has 0 saturated heterocycles. The highest BCUT2D eigenvalue weighted by Gasteiger charge is 2.28. The Morgan fingerprint density at radius 1 is 1.15 bits per heavy atom. The molecule has 0 saturated carbocycles. The molecule has 11 heteroatoms. The van der Waals surface area contributed by atoms with Crippen LogP contribution >= 0.6 is 0 Å². The van der Waals surface area contributed by atoms with Gasteiger partial charge in [0.25, 0.3) is 0 Å². The molecule has 33 heavy (non-hydrogen) atoms. The Morgan fingerprint density at radius 3 is 2.48 bits per heavy atom. The van der Waals surface area contributed by atoms with Gasteiger partial charge in [-0.05, 0) is 50.2 Å². The largest absolute Gasteiger partial charge is 0.462 e. The molecule has 2 aromatic carbocycles. The van der Waals surface area contributed by atoms with Crippen LogP contribution in [0.1, 0.15) is 13.8 Å². The average Bonchev–Trinajstić information content (AvgIpc) is 2.89. The number of aliphatic imine (C=N–C) groups is 1. The van der Waals surface area contributed by atoms with E-state index < -0.39 is 34.3 Å². The lowest BCUT2D eigenvalue weighted by atomic mass is 10.2. The first-order chi connectivity index (χ1) is 15.6. The number of amides is 1. The fraction of sp³-hybridized carbons (Fsp3) is 0.227. The number of amidine groups is 1. The third-order valence-corrected chi connectivity index (χ3v) is 6.51. The number of nitrogens with zero attached hydrogens (tertiary/aromatic N) is 2. The van der Waals surface area contributed by atoms with E-state index in [1.165, 1.54) is 7.05 Å².